The highest BCUT2D eigenvalue weighted by molar-refractivity contribution is 7.99. The molecule has 0 aliphatic heterocycles. The second kappa shape index (κ2) is 9.16. The van der Waals surface area contributed by atoms with Crippen LogP contribution in [0.25, 0.3) is 10.9 Å². The molecule has 146 valence electrons. The molecule has 6 nitrogen and oxygen atoms in total. The van der Waals surface area contributed by atoms with Gasteiger partial charge >= 0.3 is 5.97 Å². The van der Waals surface area contributed by atoms with Crippen molar-refractivity contribution in [2.45, 2.75) is 31.5 Å². The summed E-state index contributed by atoms with van der Waals surface area (Å²) in [5.74, 6) is -0.290. The van der Waals surface area contributed by atoms with E-state index in [1.54, 1.807) is 28.8 Å². The molecule has 0 unspecified atom stereocenters. The van der Waals surface area contributed by atoms with Crippen LogP contribution >= 0.6 is 23.1 Å². The smallest absolute Gasteiger partial charge is 0.337 e. The summed E-state index contributed by atoms with van der Waals surface area (Å²) in [5.41, 5.74) is 0.589. The van der Waals surface area contributed by atoms with Crippen molar-refractivity contribution in [3.05, 3.63) is 56.5 Å². The van der Waals surface area contributed by atoms with Gasteiger partial charge in [-0.2, -0.15) is 0 Å². The molecule has 0 N–H and O–H groups in total. The number of carbonyl (C=O) groups is 2. The van der Waals surface area contributed by atoms with Gasteiger partial charge < -0.3 is 4.74 Å². The summed E-state index contributed by atoms with van der Waals surface area (Å²) in [6, 6.07) is 8.34. The largest absolute Gasteiger partial charge is 0.465 e. The number of hydrogen-bond acceptors (Lipinski definition) is 7. The lowest BCUT2D eigenvalue weighted by atomic mass is 10.1. The van der Waals surface area contributed by atoms with Gasteiger partial charge in [0, 0.05) is 6.54 Å². The van der Waals surface area contributed by atoms with Crippen molar-refractivity contribution >= 4 is 45.8 Å². The zero-order chi connectivity index (χ0) is 20.1. The van der Waals surface area contributed by atoms with Crippen molar-refractivity contribution in [3.63, 3.8) is 0 Å². The number of ketones is 1. The normalized spacial score (nSPS) is 10.9. The Morgan fingerprint density at radius 3 is 2.79 bits per heavy atom. The number of thiophene rings is 1. The Labute approximate surface area is 170 Å². The SMILES string of the molecule is CCCCn1c(SCC(=O)c2cccs2)nc2cc(C(=O)OC)ccc2c1=O. The van der Waals surface area contributed by atoms with Gasteiger partial charge in [-0.25, -0.2) is 9.78 Å². The Kier molecular flexibility index (Phi) is 6.64. The first-order valence-corrected chi connectivity index (χ1v) is 10.7. The van der Waals surface area contributed by atoms with E-state index in [1.165, 1.54) is 30.2 Å². The molecule has 0 amide bonds. The number of esters is 1. The quantitative estimate of drug-likeness (QED) is 0.239. The molecule has 0 spiro atoms. The van der Waals surface area contributed by atoms with Crippen LogP contribution in [0.4, 0.5) is 0 Å². The number of methoxy groups -OCH3 is 1. The van der Waals surface area contributed by atoms with Crippen molar-refractivity contribution < 1.29 is 14.3 Å². The molecule has 0 aliphatic carbocycles. The van der Waals surface area contributed by atoms with E-state index < -0.39 is 5.97 Å². The van der Waals surface area contributed by atoms with Crippen LogP contribution in [0.15, 0.2) is 45.7 Å². The summed E-state index contributed by atoms with van der Waals surface area (Å²) in [6.45, 7) is 2.59. The van der Waals surface area contributed by atoms with E-state index in [0.29, 0.717) is 33.0 Å². The molecule has 3 rings (SSSR count). The highest BCUT2D eigenvalue weighted by Gasteiger charge is 2.16. The predicted octanol–water partition coefficient (Wildman–Crippen LogP) is 4.02. The third-order valence-corrected chi connectivity index (χ3v) is 6.09. The van der Waals surface area contributed by atoms with Gasteiger partial charge in [0.25, 0.3) is 5.56 Å². The average molecular weight is 417 g/mol. The van der Waals surface area contributed by atoms with Gasteiger partial charge in [0.05, 0.1) is 34.2 Å². The van der Waals surface area contributed by atoms with Gasteiger partial charge in [-0.15, -0.1) is 11.3 Å². The molecule has 0 bridgehead atoms. The Morgan fingerprint density at radius 2 is 2.11 bits per heavy atom. The number of rotatable bonds is 8. The molecule has 0 atom stereocenters. The van der Waals surface area contributed by atoms with E-state index in [-0.39, 0.29) is 17.1 Å². The average Bonchev–Trinajstić information content (AvgIpc) is 3.25. The highest BCUT2D eigenvalue weighted by Crippen LogP contribution is 2.22. The number of hydrogen-bond donors (Lipinski definition) is 0. The number of Topliss-reactive ketones (excluding diaryl/α,β-unsaturated/α-hetero) is 1. The first kappa shape index (κ1) is 20.3. The number of carbonyl (C=O) groups excluding carboxylic acids is 2. The minimum absolute atomic E-state index is 0.000279. The number of fused-ring (bicyclic) bond motifs is 1. The van der Waals surface area contributed by atoms with Crippen LogP contribution in [0.2, 0.25) is 0 Å². The number of benzene rings is 1. The Morgan fingerprint density at radius 1 is 1.29 bits per heavy atom. The van der Waals surface area contributed by atoms with Crippen molar-refractivity contribution in [1.82, 2.24) is 9.55 Å². The minimum atomic E-state index is -0.485. The van der Waals surface area contributed by atoms with E-state index in [9.17, 15) is 14.4 Å². The summed E-state index contributed by atoms with van der Waals surface area (Å²) in [4.78, 5) is 42.4. The highest BCUT2D eigenvalue weighted by atomic mass is 32.2. The van der Waals surface area contributed by atoms with E-state index in [1.807, 2.05) is 11.4 Å². The topological polar surface area (TPSA) is 78.3 Å². The molecule has 28 heavy (non-hydrogen) atoms. The lowest BCUT2D eigenvalue weighted by molar-refractivity contribution is 0.0600. The summed E-state index contributed by atoms with van der Waals surface area (Å²) in [5, 5.41) is 2.79. The van der Waals surface area contributed by atoms with Crippen molar-refractivity contribution in [2.75, 3.05) is 12.9 Å². The molecule has 0 radical (unpaired) electrons. The van der Waals surface area contributed by atoms with E-state index >= 15 is 0 Å². The second-order valence-corrected chi connectivity index (χ2v) is 8.01. The molecule has 2 aromatic heterocycles. The van der Waals surface area contributed by atoms with E-state index in [0.717, 1.165) is 12.8 Å². The maximum atomic E-state index is 13.0. The van der Waals surface area contributed by atoms with Gasteiger partial charge in [-0.05, 0) is 36.1 Å². The van der Waals surface area contributed by atoms with Crippen molar-refractivity contribution in [1.29, 1.82) is 0 Å². The fraction of sp³-hybridized carbons (Fsp3) is 0.300. The number of thioether (sulfide) groups is 1. The number of nitrogens with zero attached hydrogens (tertiary/aromatic N) is 2. The van der Waals surface area contributed by atoms with Crippen molar-refractivity contribution in [3.8, 4) is 0 Å². The first-order chi connectivity index (χ1) is 13.5. The lowest BCUT2D eigenvalue weighted by Crippen LogP contribution is -2.24. The fourth-order valence-electron chi connectivity index (χ4n) is 2.71. The van der Waals surface area contributed by atoms with Gasteiger partial charge in [0.15, 0.2) is 10.9 Å². The zero-order valence-electron chi connectivity index (χ0n) is 15.6. The Hall–Kier alpha value is -2.45. The fourth-order valence-corrected chi connectivity index (χ4v) is 4.37. The summed E-state index contributed by atoms with van der Waals surface area (Å²) in [6.07, 6.45) is 1.77. The number of aromatic nitrogens is 2. The monoisotopic (exact) mass is 416 g/mol. The van der Waals surface area contributed by atoms with Crippen molar-refractivity contribution in [2.24, 2.45) is 0 Å². The molecule has 2 heterocycles. The molecule has 3 aromatic rings. The second-order valence-electron chi connectivity index (χ2n) is 6.12. The van der Waals surface area contributed by atoms with Gasteiger partial charge in [0.2, 0.25) is 0 Å². The zero-order valence-corrected chi connectivity index (χ0v) is 17.3. The minimum Gasteiger partial charge on any atom is -0.465 e. The molecule has 8 heteroatoms. The lowest BCUT2D eigenvalue weighted by Gasteiger charge is -2.13. The maximum Gasteiger partial charge on any atom is 0.337 e. The predicted molar refractivity (Wildman–Crippen MR) is 112 cm³/mol. The first-order valence-electron chi connectivity index (χ1n) is 8.87. The van der Waals surface area contributed by atoms with Crippen LogP contribution in [-0.2, 0) is 11.3 Å². The van der Waals surface area contributed by atoms with E-state index in [2.05, 4.69) is 11.9 Å². The maximum absolute atomic E-state index is 13.0. The summed E-state index contributed by atoms with van der Waals surface area (Å²) in [7, 11) is 1.31. The molecule has 0 saturated heterocycles. The molecular weight excluding hydrogens is 396 g/mol. The standard InChI is InChI=1S/C20H20N2O4S2/c1-3-4-9-22-18(24)14-8-7-13(19(25)26-2)11-15(14)21-20(22)28-12-16(23)17-6-5-10-27-17/h5-8,10-11H,3-4,9,12H2,1-2H3. The Bertz CT molecular complexity index is 1060. The molecular formula is C20H20N2O4S2. The molecule has 0 saturated carbocycles. The number of unbranched alkanes of at least 4 members (excludes halogenated alkanes) is 1. The molecule has 1 aromatic carbocycles. The van der Waals surface area contributed by atoms with Gasteiger partial charge in [0.1, 0.15) is 0 Å². The van der Waals surface area contributed by atoms with Crippen LogP contribution < -0.4 is 5.56 Å². The van der Waals surface area contributed by atoms with Gasteiger partial charge in [-0.1, -0.05) is 31.2 Å². The molecule has 0 aliphatic rings. The van der Waals surface area contributed by atoms with Crippen LogP contribution in [0.5, 0.6) is 0 Å². The third-order valence-electron chi connectivity index (χ3n) is 4.21. The van der Waals surface area contributed by atoms with Crippen LogP contribution in [0.3, 0.4) is 0 Å². The summed E-state index contributed by atoms with van der Waals surface area (Å²) < 4.78 is 6.37. The summed E-state index contributed by atoms with van der Waals surface area (Å²) >= 11 is 2.64. The number of ether oxygens (including phenoxy) is 1. The van der Waals surface area contributed by atoms with Crippen LogP contribution in [0.1, 0.15) is 39.8 Å². The Balaban J connectivity index is 2.00. The van der Waals surface area contributed by atoms with Crippen LogP contribution in [0, 0.1) is 0 Å². The van der Waals surface area contributed by atoms with E-state index in [4.69, 9.17) is 4.74 Å². The third kappa shape index (κ3) is 4.34. The van der Waals surface area contributed by atoms with Gasteiger partial charge in [-0.3, -0.25) is 14.2 Å². The van der Waals surface area contributed by atoms with Crippen LogP contribution in [-0.4, -0.2) is 34.2 Å². The molecule has 0 fully saturated rings.